The lowest BCUT2D eigenvalue weighted by molar-refractivity contribution is -0.122. The maximum Gasteiger partial charge on any atom is 0.258 e. The number of phenols is 1. The Kier molecular flexibility index (Phi) is 6.29. The van der Waals surface area contributed by atoms with Gasteiger partial charge in [0.15, 0.2) is 33.0 Å². The van der Waals surface area contributed by atoms with Gasteiger partial charge in [-0.25, -0.2) is 26.9 Å². The number of anilines is 1. The van der Waals surface area contributed by atoms with Crippen LogP contribution in [0.3, 0.4) is 0 Å². The molecule has 2 aliphatic rings. The number of allylic oxidation sites excluding steroid dienone is 4. The van der Waals surface area contributed by atoms with E-state index < -0.39 is 68.7 Å². The van der Waals surface area contributed by atoms with Gasteiger partial charge in [-0.1, -0.05) is 43.0 Å². The number of rotatable bonds is 5. The summed E-state index contributed by atoms with van der Waals surface area (Å²) in [5, 5.41) is 10.9. The van der Waals surface area contributed by atoms with Gasteiger partial charge in [0.2, 0.25) is 5.82 Å². The molecule has 3 atom stereocenters. The molecular weight excluding hydrogens is 528 g/mol. The summed E-state index contributed by atoms with van der Waals surface area (Å²) in [5.41, 5.74) is -1.14. The molecule has 1 N–H and O–H groups in total. The Morgan fingerprint density at radius 3 is 2.14 bits per heavy atom. The first-order chi connectivity index (χ1) is 16.9. The van der Waals surface area contributed by atoms with Gasteiger partial charge in [-0.3, -0.25) is 9.59 Å². The second-order valence-electron chi connectivity index (χ2n) is 8.27. The van der Waals surface area contributed by atoms with Gasteiger partial charge in [0.25, 0.3) is 11.8 Å². The molecule has 4 rings (SSSR count). The van der Waals surface area contributed by atoms with E-state index in [4.69, 9.17) is 23.2 Å². The Bertz CT molecular complexity index is 1370. The minimum absolute atomic E-state index is 0.0284. The summed E-state index contributed by atoms with van der Waals surface area (Å²) in [6.07, 6.45) is 3.97. The fraction of sp³-hybridized carbons (Fsp3) is 0.200. The fourth-order valence-electron chi connectivity index (χ4n) is 4.70. The lowest BCUT2D eigenvalue weighted by atomic mass is 9.68. The highest BCUT2D eigenvalue weighted by Crippen LogP contribution is 2.61. The van der Waals surface area contributed by atoms with Crippen LogP contribution in [-0.2, 0) is 16.0 Å². The Balaban J connectivity index is 2.01. The van der Waals surface area contributed by atoms with Gasteiger partial charge in [-0.2, -0.15) is 0 Å². The van der Waals surface area contributed by atoms with E-state index in [9.17, 15) is 36.6 Å². The topological polar surface area (TPSA) is 57.6 Å². The molecule has 0 bridgehead atoms. The molecule has 1 saturated heterocycles. The number of hydrogen-bond acceptors (Lipinski definition) is 3. The molecule has 0 aromatic heterocycles. The predicted molar refractivity (Wildman–Crippen MR) is 124 cm³/mol. The third-order valence-corrected chi connectivity index (χ3v) is 7.87. The SMILES string of the molecule is C=CCc1cccc([C@H]2C(C=C)=CC[C@@]3(Cl)C(=O)N(c4c(F)c(F)c(F)c(F)c4F)C(=O)[C@@]23Cl)c1O. The number of carbonyl (C=O) groups is 2. The molecule has 0 saturated carbocycles. The monoisotopic (exact) mass is 543 g/mol. The molecule has 36 heavy (non-hydrogen) atoms. The molecule has 0 spiro atoms. The highest BCUT2D eigenvalue weighted by atomic mass is 35.5. The molecule has 2 aromatic rings. The van der Waals surface area contributed by atoms with Gasteiger partial charge in [-0.05, 0) is 24.0 Å². The van der Waals surface area contributed by atoms with Gasteiger partial charge >= 0.3 is 0 Å². The number of hydrogen-bond donors (Lipinski definition) is 1. The van der Waals surface area contributed by atoms with E-state index in [2.05, 4.69) is 13.2 Å². The molecule has 2 amide bonds. The standard InChI is InChI=1S/C25H16Cl2F5NO3/c1-3-6-12-7-5-8-13(21(12)34)14-11(4-2)9-10-24(26)22(35)33(23(36)25(14,24)27)20-18(31)16(29)15(28)17(30)19(20)32/h3-5,7-9,14,34H,1-2,6,10H2/t14-,24-,25+/m1/s1. The first-order valence-corrected chi connectivity index (χ1v) is 11.2. The summed E-state index contributed by atoms with van der Waals surface area (Å²) in [6.45, 7) is 7.26. The quantitative estimate of drug-likeness (QED) is 0.127. The van der Waals surface area contributed by atoms with Crippen LogP contribution in [0.4, 0.5) is 27.6 Å². The number of imide groups is 1. The predicted octanol–water partition coefficient (Wildman–Crippen LogP) is 5.94. The summed E-state index contributed by atoms with van der Waals surface area (Å²) < 4.78 is 70.9. The number of para-hydroxylation sites is 1. The normalized spacial score (nSPS) is 25.6. The van der Waals surface area contributed by atoms with Gasteiger partial charge in [0, 0.05) is 11.5 Å². The Hall–Kier alpha value is -3.17. The molecule has 11 heteroatoms. The summed E-state index contributed by atoms with van der Waals surface area (Å²) in [4.78, 5) is 21.9. The highest BCUT2D eigenvalue weighted by molar-refractivity contribution is 6.58. The zero-order valence-corrected chi connectivity index (χ0v) is 19.7. The van der Waals surface area contributed by atoms with E-state index >= 15 is 0 Å². The number of amides is 2. The van der Waals surface area contributed by atoms with Crippen LogP contribution in [0, 0.1) is 29.1 Å². The molecule has 4 nitrogen and oxygen atoms in total. The van der Waals surface area contributed by atoms with Crippen molar-refractivity contribution in [2.75, 3.05) is 4.90 Å². The highest BCUT2D eigenvalue weighted by Gasteiger charge is 2.74. The summed E-state index contributed by atoms with van der Waals surface area (Å²) >= 11 is 13.4. The van der Waals surface area contributed by atoms with E-state index in [1.54, 1.807) is 6.07 Å². The van der Waals surface area contributed by atoms with E-state index in [1.807, 2.05) is 0 Å². The third-order valence-electron chi connectivity index (χ3n) is 6.46. The van der Waals surface area contributed by atoms with Gasteiger partial charge < -0.3 is 5.11 Å². The average molecular weight is 544 g/mol. The van der Waals surface area contributed by atoms with Crippen molar-refractivity contribution in [3.63, 3.8) is 0 Å². The summed E-state index contributed by atoms with van der Waals surface area (Å²) in [7, 11) is 0. The maximum absolute atomic E-state index is 14.7. The van der Waals surface area contributed by atoms with Crippen molar-refractivity contribution < 1.29 is 36.6 Å². The van der Waals surface area contributed by atoms with Gasteiger partial charge in [0.1, 0.15) is 11.4 Å². The smallest absolute Gasteiger partial charge is 0.258 e. The molecule has 2 aromatic carbocycles. The molecule has 188 valence electrons. The lowest BCUT2D eigenvalue weighted by Gasteiger charge is -2.42. The molecule has 0 unspecified atom stereocenters. The van der Waals surface area contributed by atoms with E-state index in [-0.39, 0.29) is 28.2 Å². The van der Waals surface area contributed by atoms with E-state index in [0.29, 0.717) is 5.56 Å². The number of nitrogens with zero attached hydrogens (tertiary/aromatic N) is 1. The number of carbonyl (C=O) groups excluding carboxylic acids is 2. The van der Waals surface area contributed by atoms with Crippen molar-refractivity contribution in [1.82, 2.24) is 0 Å². The second kappa shape index (κ2) is 8.74. The number of phenolic OH excluding ortho intramolecular Hbond substituents is 1. The minimum Gasteiger partial charge on any atom is -0.507 e. The molecule has 1 fully saturated rings. The van der Waals surface area contributed by atoms with Crippen LogP contribution in [0.1, 0.15) is 23.5 Å². The van der Waals surface area contributed by atoms with Crippen LogP contribution in [0.2, 0.25) is 0 Å². The van der Waals surface area contributed by atoms with Gasteiger partial charge in [0.05, 0.1) is 0 Å². The Morgan fingerprint density at radius 1 is 1.00 bits per heavy atom. The Labute approximate surface area is 211 Å². The zero-order valence-electron chi connectivity index (χ0n) is 18.2. The van der Waals surface area contributed by atoms with Crippen molar-refractivity contribution in [2.45, 2.75) is 28.5 Å². The molecule has 1 heterocycles. The van der Waals surface area contributed by atoms with Crippen molar-refractivity contribution in [3.8, 4) is 5.75 Å². The molecule has 0 radical (unpaired) electrons. The van der Waals surface area contributed by atoms with Crippen molar-refractivity contribution >= 4 is 40.7 Å². The Morgan fingerprint density at radius 2 is 1.58 bits per heavy atom. The van der Waals surface area contributed by atoms with Crippen LogP contribution in [0.15, 0.2) is 55.2 Å². The zero-order chi connectivity index (χ0) is 26.7. The van der Waals surface area contributed by atoms with Crippen LogP contribution in [0.5, 0.6) is 5.75 Å². The number of halogens is 7. The number of alkyl halides is 2. The fourth-order valence-corrected chi connectivity index (χ4v) is 5.54. The third kappa shape index (κ3) is 3.18. The van der Waals surface area contributed by atoms with Crippen LogP contribution < -0.4 is 4.90 Å². The van der Waals surface area contributed by atoms with Crippen LogP contribution in [-0.4, -0.2) is 26.7 Å². The molecular formula is C25H16Cl2F5NO3. The molecule has 1 aliphatic heterocycles. The second-order valence-corrected chi connectivity index (χ2v) is 9.51. The average Bonchev–Trinajstić information content (AvgIpc) is 3.00. The first kappa shape index (κ1) is 25.9. The minimum atomic E-state index is -2.55. The number of aromatic hydroxyl groups is 1. The van der Waals surface area contributed by atoms with Gasteiger partial charge in [-0.15, -0.1) is 29.8 Å². The first-order valence-electron chi connectivity index (χ1n) is 10.4. The van der Waals surface area contributed by atoms with Crippen molar-refractivity contribution in [2.24, 2.45) is 0 Å². The van der Waals surface area contributed by atoms with E-state index in [1.165, 1.54) is 30.4 Å². The van der Waals surface area contributed by atoms with Crippen molar-refractivity contribution in [3.05, 3.63) is 95.4 Å². The number of fused-ring (bicyclic) bond motifs is 1. The summed E-state index contributed by atoms with van der Waals surface area (Å²) in [5.74, 6) is -16.7. The number of benzene rings is 2. The van der Waals surface area contributed by atoms with Crippen LogP contribution in [0.25, 0.3) is 0 Å². The van der Waals surface area contributed by atoms with Crippen LogP contribution >= 0.6 is 23.2 Å². The lowest BCUT2D eigenvalue weighted by Crippen LogP contribution is -2.54. The van der Waals surface area contributed by atoms with E-state index in [0.717, 1.165) is 0 Å². The van der Waals surface area contributed by atoms with Crippen molar-refractivity contribution in [1.29, 1.82) is 0 Å². The largest absolute Gasteiger partial charge is 0.507 e. The maximum atomic E-state index is 14.7. The summed E-state index contributed by atoms with van der Waals surface area (Å²) in [6, 6.07) is 4.50. The molecule has 1 aliphatic carbocycles.